The second-order valence-corrected chi connectivity index (χ2v) is 5.33. The molecule has 0 bridgehead atoms. The number of amides is 1. The van der Waals surface area contributed by atoms with Crippen LogP contribution >= 0.6 is 0 Å². The molecule has 6 heteroatoms. The van der Waals surface area contributed by atoms with E-state index in [0.717, 1.165) is 0 Å². The molecule has 0 aliphatic rings. The van der Waals surface area contributed by atoms with Gasteiger partial charge in [-0.3, -0.25) is 4.79 Å². The maximum atomic E-state index is 12.3. The predicted molar refractivity (Wildman–Crippen MR) is 83.8 cm³/mol. The Morgan fingerprint density at radius 1 is 1.26 bits per heavy atom. The first-order valence-electron chi connectivity index (χ1n) is 7.25. The second kappa shape index (κ2) is 7.00. The van der Waals surface area contributed by atoms with Gasteiger partial charge in [0.05, 0.1) is 18.2 Å². The predicted octanol–water partition coefficient (Wildman–Crippen LogP) is 3.00. The number of carboxylic acid groups (broad SMARTS) is 1. The highest BCUT2D eigenvalue weighted by Crippen LogP contribution is 2.20. The maximum absolute atomic E-state index is 12.3. The van der Waals surface area contributed by atoms with Crippen LogP contribution in [0.3, 0.4) is 0 Å². The van der Waals surface area contributed by atoms with Gasteiger partial charge in [-0.25, -0.2) is 4.79 Å². The number of aromatic carboxylic acids is 1. The number of carbonyl (C=O) groups is 2. The fourth-order valence-corrected chi connectivity index (χ4v) is 2.12. The summed E-state index contributed by atoms with van der Waals surface area (Å²) in [5, 5.41) is 11.7. The van der Waals surface area contributed by atoms with E-state index in [1.807, 2.05) is 13.8 Å². The van der Waals surface area contributed by atoms with Crippen molar-refractivity contribution in [3.05, 3.63) is 53.0 Å². The van der Waals surface area contributed by atoms with Crippen molar-refractivity contribution in [2.24, 2.45) is 0 Å². The van der Waals surface area contributed by atoms with Gasteiger partial charge in [0.25, 0.3) is 5.91 Å². The van der Waals surface area contributed by atoms with E-state index in [4.69, 9.17) is 14.3 Å². The van der Waals surface area contributed by atoms with Crippen molar-refractivity contribution in [2.45, 2.75) is 33.4 Å². The van der Waals surface area contributed by atoms with Gasteiger partial charge in [-0.05, 0) is 39.0 Å². The van der Waals surface area contributed by atoms with E-state index < -0.39 is 5.97 Å². The number of hydrogen-bond acceptors (Lipinski definition) is 4. The number of hydrogen-bond donors (Lipinski definition) is 2. The standard InChI is InChI=1S/C17H19NO5/c1-10(2)22-15-7-5-4-6-13(15)16(19)18-9-12-8-14(17(20)21)11(3)23-12/h4-8,10H,9H2,1-3H3,(H,18,19)(H,20,21). The lowest BCUT2D eigenvalue weighted by Gasteiger charge is -2.13. The minimum absolute atomic E-state index is 0.0465. The SMILES string of the molecule is Cc1oc(CNC(=O)c2ccccc2OC(C)C)cc1C(=O)O. The summed E-state index contributed by atoms with van der Waals surface area (Å²) in [6.45, 7) is 5.44. The molecule has 23 heavy (non-hydrogen) atoms. The Morgan fingerprint density at radius 3 is 2.57 bits per heavy atom. The highest BCUT2D eigenvalue weighted by atomic mass is 16.5. The van der Waals surface area contributed by atoms with Crippen LogP contribution in [0.15, 0.2) is 34.7 Å². The number of ether oxygens (including phenoxy) is 1. The molecule has 2 rings (SSSR count). The molecule has 0 saturated carbocycles. The van der Waals surface area contributed by atoms with Gasteiger partial charge in [-0.1, -0.05) is 12.1 Å². The summed E-state index contributed by atoms with van der Waals surface area (Å²) in [6.07, 6.45) is -0.0465. The van der Waals surface area contributed by atoms with Gasteiger partial charge >= 0.3 is 5.97 Å². The number of nitrogens with one attached hydrogen (secondary N) is 1. The number of para-hydroxylation sites is 1. The molecular formula is C17H19NO5. The van der Waals surface area contributed by atoms with Gasteiger partial charge in [0.1, 0.15) is 22.8 Å². The number of carbonyl (C=O) groups excluding carboxylic acids is 1. The van der Waals surface area contributed by atoms with Gasteiger partial charge in [-0.15, -0.1) is 0 Å². The number of benzene rings is 1. The zero-order valence-corrected chi connectivity index (χ0v) is 13.3. The van der Waals surface area contributed by atoms with Crippen molar-refractivity contribution in [1.82, 2.24) is 5.32 Å². The zero-order chi connectivity index (χ0) is 17.0. The third-order valence-corrected chi connectivity index (χ3v) is 3.12. The van der Waals surface area contributed by atoms with Crippen molar-refractivity contribution in [1.29, 1.82) is 0 Å². The van der Waals surface area contributed by atoms with E-state index in [1.54, 1.807) is 31.2 Å². The van der Waals surface area contributed by atoms with Crippen molar-refractivity contribution in [2.75, 3.05) is 0 Å². The molecule has 0 fully saturated rings. The Morgan fingerprint density at radius 2 is 1.96 bits per heavy atom. The monoisotopic (exact) mass is 317 g/mol. The van der Waals surface area contributed by atoms with Crippen LogP contribution in [0.4, 0.5) is 0 Å². The molecule has 1 aromatic heterocycles. The molecule has 0 atom stereocenters. The molecule has 0 unspecified atom stereocenters. The molecule has 6 nitrogen and oxygen atoms in total. The quantitative estimate of drug-likeness (QED) is 0.855. The van der Waals surface area contributed by atoms with Crippen LogP contribution in [-0.4, -0.2) is 23.1 Å². The average Bonchev–Trinajstić information content (AvgIpc) is 2.86. The first-order chi connectivity index (χ1) is 10.9. The molecule has 1 amide bonds. The van der Waals surface area contributed by atoms with Gasteiger partial charge in [0.15, 0.2) is 0 Å². The van der Waals surface area contributed by atoms with Crippen molar-refractivity contribution in [3.63, 3.8) is 0 Å². The third kappa shape index (κ3) is 4.12. The lowest BCUT2D eigenvalue weighted by Crippen LogP contribution is -2.23. The summed E-state index contributed by atoms with van der Waals surface area (Å²) in [5.41, 5.74) is 0.515. The largest absolute Gasteiger partial charge is 0.490 e. The summed E-state index contributed by atoms with van der Waals surface area (Å²) in [7, 11) is 0. The van der Waals surface area contributed by atoms with Crippen LogP contribution in [0.2, 0.25) is 0 Å². The van der Waals surface area contributed by atoms with Crippen LogP contribution in [-0.2, 0) is 6.54 Å². The van der Waals surface area contributed by atoms with Gasteiger partial charge in [-0.2, -0.15) is 0 Å². The van der Waals surface area contributed by atoms with Crippen molar-refractivity contribution in [3.8, 4) is 5.75 Å². The van der Waals surface area contributed by atoms with Gasteiger partial charge < -0.3 is 19.6 Å². The van der Waals surface area contributed by atoms with Gasteiger partial charge in [0, 0.05) is 0 Å². The van der Waals surface area contributed by atoms with Crippen LogP contribution < -0.4 is 10.1 Å². The first kappa shape index (κ1) is 16.6. The van der Waals surface area contributed by atoms with E-state index in [0.29, 0.717) is 22.8 Å². The number of rotatable bonds is 6. The number of furan rings is 1. The average molecular weight is 317 g/mol. The molecule has 0 radical (unpaired) electrons. The van der Waals surface area contributed by atoms with Crippen LogP contribution in [0.1, 0.15) is 46.1 Å². The molecule has 0 spiro atoms. The van der Waals surface area contributed by atoms with Crippen molar-refractivity contribution < 1.29 is 23.8 Å². The van der Waals surface area contributed by atoms with E-state index in [9.17, 15) is 9.59 Å². The summed E-state index contributed by atoms with van der Waals surface area (Å²) in [5.74, 6) is -0.172. The third-order valence-electron chi connectivity index (χ3n) is 3.12. The summed E-state index contributed by atoms with van der Waals surface area (Å²) >= 11 is 0. The molecule has 0 aliphatic heterocycles. The van der Waals surface area contributed by atoms with E-state index >= 15 is 0 Å². The maximum Gasteiger partial charge on any atom is 0.339 e. The van der Waals surface area contributed by atoms with Crippen molar-refractivity contribution >= 4 is 11.9 Å². The molecule has 2 aromatic rings. The minimum atomic E-state index is -1.06. The zero-order valence-electron chi connectivity index (χ0n) is 13.3. The smallest absolute Gasteiger partial charge is 0.339 e. The van der Waals surface area contributed by atoms with E-state index in [-0.39, 0.29) is 24.1 Å². The molecule has 0 saturated heterocycles. The molecule has 2 N–H and O–H groups in total. The Balaban J connectivity index is 2.08. The first-order valence-corrected chi connectivity index (χ1v) is 7.25. The number of carboxylic acids is 1. The topological polar surface area (TPSA) is 88.8 Å². The lowest BCUT2D eigenvalue weighted by molar-refractivity contribution is 0.0694. The Labute approximate surface area is 134 Å². The Bertz CT molecular complexity index is 718. The molecule has 1 aromatic carbocycles. The molecule has 0 aliphatic carbocycles. The van der Waals surface area contributed by atoms with Crippen LogP contribution in [0.5, 0.6) is 5.75 Å². The number of aryl methyl sites for hydroxylation is 1. The summed E-state index contributed by atoms with van der Waals surface area (Å²) < 4.78 is 10.9. The van der Waals surface area contributed by atoms with Crippen LogP contribution in [0.25, 0.3) is 0 Å². The van der Waals surface area contributed by atoms with Gasteiger partial charge in [0.2, 0.25) is 0 Å². The van der Waals surface area contributed by atoms with E-state index in [1.165, 1.54) is 6.07 Å². The Hall–Kier alpha value is -2.76. The highest BCUT2D eigenvalue weighted by molar-refractivity contribution is 5.96. The fraction of sp³-hybridized carbons (Fsp3) is 0.294. The Kier molecular flexibility index (Phi) is 5.05. The summed E-state index contributed by atoms with van der Waals surface area (Å²) in [4.78, 5) is 23.3. The molecule has 122 valence electrons. The molecule has 1 heterocycles. The molecular weight excluding hydrogens is 298 g/mol. The van der Waals surface area contributed by atoms with E-state index in [2.05, 4.69) is 5.32 Å². The fourth-order valence-electron chi connectivity index (χ4n) is 2.12. The minimum Gasteiger partial charge on any atom is -0.490 e. The highest BCUT2D eigenvalue weighted by Gasteiger charge is 2.16. The lowest BCUT2D eigenvalue weighted by atomic mass is 10.2. The second-order valence-electron chi connectivity index (χ2n) is 5.33. The van der Waals surface area contributed by atoms with Crippen LogP contribution in [0, 0.1) is 6.92 Å². The summed E-state index contributed by atoms with van der Waals surface area (Å²) in [6, 6.07) is 8.36. The normalized spacial score (nSPS) is 10.6.